The lowest BCUT2D eigenvalue weighted by Crippen LogP contribution is -2.45. The molecule has 0 saturated heterocycles. The van der Waals surface area contributed by atoms with Crippen molar-refractivity contribution < 1.29 is 19.0 Å². The van der Waals surface area contributed by atoms with Gasteiger partial charge in [-0.2, -0.15) is 0 Å². The smallest absolute Gasteiger partial charge is 0.218 e. The minimum atomic E-state index is -1.94. The van der Waals surface area contributed by atoms with E-state index in [0.29, 0.717) is 11.7 Å². The van der Waals surface area contributed by atoms with Gasteiger partial charge in [0.1, 0.15) is 18.2 Å². The number of nitrogens with one attached hydrogen (secondary N) is 1. The third-order valence-electron chi connectivity index (χ3n) is 7.84. The molecule has 0 amide bonds. The molecule has 2 aromatic rings. The molecule has 2 N–H and O–H groups in total. The van der Waals surface area contributed by atoms with Crippen LogP contribution in [0.1, 0.15) is 50.8 Å². The van der Waals surface area contributed by atoms with Gasteiger partial charge >= 0.3 is 0 Å². The Balaban J connectivity index is 1.44. The molecule has 2 aliphatic rings. The highest BCUT2D eigenvalue weighted by Gasteiger charge is 2.44. The summed E-state index contributed by atoms with van der Waals surface area (Å²) in [6.07, 6.45) is 3.70. The standard InChI is InChI=1S/C26H38ClN3O4Si/c1-26(2,3)35(5,6)34-21-12-19(10-17(21)14-31)33-24-13-23(28-15-29-24)30-25-20-8-7-18(27)9-16(20)11-22(25)32-4/h7-9,13,15,17,19,21-22,25,31H,10-12,14H2,1-6H3,(H,28,29,30)/t17-,19+,21+,22+,25+/m0/s1. The summed E-state index contributed by atoms with van der Waals surface area (Å²) in [5.41, 5.74) is 2.34. The van der Waals surface area contributed by atoms with E-state index in [1.807, 2.05) is 24.3 Å². The van der Waals surface area contributed by atoms with Crippen molar-refractivity contribution >= 4 is 25.7 Å². The Hall–Kier alpha value is -1.71. The van der Waals surface area contributed by atoms with Gasteiger partial charge in [0.2, 0.25) is 5.88 Å². The average molecular weight is 520 g/mol. The normalized spacial score (nSPS) is 26.6. The molecule has 1 fully saturated rings. The number of hydrogen-bond acceptors (Lipinski definition) is 7. The number of benzene rings is 1. The molecule has 5 atom stereocenters. The number of aromatic nitrogens is 2. The number of nitrogens with zero attached hydrogens (tertiary/aromatic N) is 2. The molecule has 7 nitrogen and oxygen atoms in total. The zero-order valence-electron chi connectivity index (χ0n) is 21.5. The largest absolute Gasteiger partial charge is 0.474 e. The lowest BCUT2D eigenvalue weighted by Gasteiger charge is -2.39. The van der Waals surface area contributed by atoms with E-state index in [1.54, 1.807) is 7.11 Å². The summed E-state index contributed by atoms with van der Waals surface area (Å²) in [4.78, 5) is 8.76. The number of methoxy groups -OCH3 is 1. The van der Waals surface area contributed by atoms with Crippen LogP contribution in [0, 0.1) is 5.92 Å². The Morgan fingerprint density at radius 3 is 2.60 bits per heavy atom. The first-order chi connectivity index (χ1) is 16.5. The van der Waals surface area contributed by atoms with Crippen LogP contribution < -0.4 is 10.1 Å². The summed E-state index contributed by atoms with van der Waals surface area (Å²) in [5.74, 6) is 1.26. The molecule has 0 bridgehead atoms. The van der Waals surface area contributed by atoms with Crippen LogP contribution in [-0.4, -0.2) is 55.4 Å². The molecule has 0 unspecified atom stereocenters. The van der Waals surface area contributed by atoms with Gasteiger partial charge in [-0.3, -0.25) is 0 Å². The maximum Gasteiger partial charge on any atom is 0.218 e. The Kier molecular flexibility index (Phi) is 7.79. The van der Waals surface area contributed by atoms with Gasteiger partial charge in [0.05, 0.1) is 18.2 Å². The summed E-state index contributed by atoms with van der Waals surface area (Å²) in [6.45, 7) is 11.3. The molecule has 1 heterocycles. The SMILES string of the molecule is CO[C@@H]1Cc2cc(Cl)ccc2[C@H]1Nc1cc(O[C@@H]2C[C@@H](CO)[C@H](O[Si](C)(C)C(C)(C)C)C2)ncn1. The van der Waals surface area contributed by atoms with Crippen molar-refractivity contribution in [1.82, 2.24) is 9.97 Å². The first-order valence-electron chi connectivity index (χ1n) is 12.4. The third-order valence-corrected chi connectivity index (χ3v) is 12.6. The van der Waals surface area contributed by atoms with Crippen molar-refractivity contribution in [2.45, 2.75) is 82.5 Å². The quantitative estimate of drug-likeness (QED) is 0.452. The van der Waals surface area contributed by atoms with Crippen LogP contribution in [0.15, 0.2) is 30.6 Å². The van der Waals surface area contributed by atoms with Gasteiger partial charge in [-0.1, -0.05) is 38.4 Å². The average Bonchev–Trinajstić information content (AvgIpc) is 3.32. The summed E-state index contributed by atoms with van der Waals surface area (Å²) in [7, 11) is -0.221. The van der Waals surface area contributed by atoms with Gasteiger partial charge in [-0.15, -0.1) is 0 Å². The lowest BCUT2D eigenvalue weighted by molar-refractivity contribution is 0.0958. The summed E-state index contributed by atoms with van der Waals surface area (Å²) in [6, 6.07) is 7.74. The fourth-order valence-corrected chi connectivity index (χ4v) is 6.41. The molecule has 0 radical (unpaired) electrons. The predicted molar refractivity (Wildman–Crippen MR) is 141 cm³/mol. The van der Waals surface area contributed by atoms with Crippen LogP contribution in [0.2, 0.25) is 23.2 Å². The minimum absolute atomic E-state index is 0.00500. The second-order valence-electron chi connectivity index (χ2n) is 11.3. The molecule has 2 aliphatic carbocycles. The molecule has 9 heteroatoms. The maximum atomic E-state index is 9.99. The van der Waals surface area contributed by atoms with E-state index >= 15 is 0 Å². The van der Waals surface area contributed by atoms with Gasteiger partial charge in [-0.05, 0) is 47.8 Å². The first kappa shape index (κ1) is 26.4. The lowest BCUT2D eigenvalue weighted by atomic mass is 10.1. The van der Waals surface area contributed by atoms with Crippen LogP contribution in [-0.2, 0) is 15.6 Å². The van der Waals surface area contributed by atoms with Crippen molar-refractivity contribution in [3.05, 3.63) is 46.7 Å². The molecule has 35 heavy (non-hydrogen) atoms. The molecular formula is C26H38ClN3O4Si. The fraction of sp³-hybridized carbons (Fsp3) is 0.615. The Morgan fingerprint density at radius 1 is 1.14 bits per heavy atom. The van der Waals surface area contributed by atoms with E-state index < -0.39 is 8.32 Å². The highest BCUT2D eigenvalue weighted by molar-refractivity contribution is 6.74. The van der Waals surface area contributed by atoms with Gasteiger partial charge in [0.15, 0.2) is 8.32 Å². The van der Waals surface area contributed by atoms with Crippen molar-refractivity contribution in [3.8, 4) is 5.88 Å². The molecule has 192 valence electrons. The number of ether oxygens (including phenoxy) is 2. The van der Waals surface area contributed by atoms with Crippen molar-refractivity contribution in [2.24, 2.45) is 5.92 Å². The van der Waals surface area contributed by atoms with Crippen LogP contribution in [0.5, 0.6) is 5.88 Å². The number of anilines is 1. The zero-order valence-corrected chi connectivity index (χ0v) is 23.3. The van der Waals surface area contributed by atoms with Crippen LogP contribution in [0.3, 0.4) is 0 Å². The van der Waals surface area contributed by atoms with Crippen LogP contribution in [0.25, 0.3) is 0 Å². The molecular weight excluding hydrogens is 482 g/mol. The number of aliphatic hydroxyl groups is 1. The second kappa shape index (κ2) is 10.3. The van der Waals surface area contributed by atoms with Crippen molar-refractivity contribution in [2.75, 3.05) is 19.0 Å². The number of rotatable bonds is 8. The van der Waals surface area contributed by atoms with E-state index in [-0.39, 0.29) is 41.9 Å². The maximum absolute atomic E-state index is 9.99. The molecule has 0 aliphatic heterocycles. The van der Waals surface area contributed by atoms with E-state index in [4.69, 9.17) is 25.5 Å². The summed E-state index contributed by atoms with van der Waals surface area (Å²) >= 11 is 6.19. The monoisotopic (exact) mass is 519 g/mol. The predicted octanol–water partition coefficient (Wildman–Crippen LogP) is 5.39. The van der Waals surface area contributed by atoms with Crippen molar-refractivity contribution in [3.63, 3.8) is 0 Å². The topological polar surface area (TPSA) is 85.7 Å². The van der Waals surface area contributed by atoms with E-state index in [0.717, 1.165) is 29.8 Å². The molecule has 1 aromatic carbocycles. The number of fused-ring (bicyclic) bond motifs is 1. The Morgan fingerprint density at radius 2 is 1.91 bits per heavy atom. The Labute approximate surface area is 214 Å². The second-order valence-corrected chi connectivity index (χ2v) is 16.4. The zero-order chi connectivity index (χ0) is 25.4. The van der Waals surface area contributed by atoms with Crippen molar-refractivity contribution in [1.29, 1.82) is 0 Å². The summed E-state index contributed by atoms with van der Waals surface area (Å²) < 4.78 is 18.7. The number of hydrogen-bond donors (Lipinski definition) is 2. The van der Waals surface area contributed by atoms with E-state index in [1.165, 1.54) is 11.9 Å². The van der Waals surface area contributed by atoms with E-state index in [2.05, 4.69) is 49.1 Å². The highest BCUT2D eigenvalue weighted by atomic mass is 35.5. The first-order valence-corrected chi connectivity index (χ1v) is 15.6. The van der Waals surface area contributed by atoms with Crippen LogP contribution >= 0.6 is 11.6 Å². The van der Waals surface area contributed by atoms with Gasteiger partial charge in [0.25, 0.3) is 0 Å². The van der Waals surface area contributed by atoms with Crippen LogP contribution in [0.4, 0.5) is 5.82 Å². The van der Waals surface area contributed by atoms with Gasteiger partial charge in [-0.25, -0.2) is 9.97 Å². The fourth-order valence-electron chi connectivity index (χ4n) is 4.82. The molecule has 4 rings (SSSR count). The minimum Gasteiger partial charge on any atom is -0.474 e. The van der Waals surface area contributed by atoms with E-state index in [9.17, 15) is 5.11 Å². The Bertz CT molecular complexity index is 1030. The highest BCUT2D eigenvalue weighted by Crippen LogP contribution is 2.42. The number of aliphatic hydroxyl groups excluding tert-OH is 1. The van der Waals surface area contributed by atoms with Gasteiger partial charge in [0, 0.05) is 43.6 Å². The summed E-state index contributed by atoms with van der Waals surface area (Å²) in [5, 5.41) is 14.3. The molecule has 0 spiro atoms. The number of halogens is 1. The third kappa shape index (κ3) is 5.83. The molecule has 1 aromatic heterocycles. The van der Waals surface area contributed by atoms with Gasteiger partial charge < -0.3 is 24.3 Å². The molecule has 1 saturated carbocycles.